The van der Waals surface area contributed by atoms with E-state index in [1.807, 2.05) is 0 Å². The third-order valence-corrected chi connectivity index (χ3v) is 1.81. The number of methoxy groups -OCH3 is 2. The fraction of sp³-hybridized carbons (Fsp3) is 1.00. The predicted molar refractivity (Wildman–Crippen MR) is 38.2 cm³/mol. The zero-order valence-electron chi connectivity index (χ0n) is 6.82. The Labute approximate surface area is 66.1 Å². The van der Waals surface area contributed by atoms with Gasteiger partial charge in [-0.25, -0.2) is 0 Å². The Kier molecular flexibility index (Phi) is 3.26. The molecule has 66 valence electrons. The van der Waals surface area contributed by atoms with Crippen LogP contribution in [0.5, 0.6) is 0 Å². The highest BCUT2D eigenvalue weighted by atomic mass is 16.6. The third-order valence-electron chi connectivity index (χ3n) is 1.81. The maximum Gasteiger partial charge on any atom is 0.157 e. The van der Waals surface area contributed by atoms with Crippen LogP contribution in [-0.4, -0.2) is 44.4 Å². The monoisotopic (exact) mass is 162 g/mol. The Morgan fingerprint density at radius 2 is 2.27 bits per heavy atom. The second-order valence-electron chi connectivity index (χ2n) is 2.59. The van der Waals surface area contributed by atoms with Crippen molar-refractivity contribution in [3.05, 3.63) is 0 Å². The van der Waals surface area contributed by atoms with E-state index in [0.717, 1.165) is 0 Å². The van der Waals surface area contributed by atoms with Gasteiger partial charge in [-0.15, -0.1) is 0 Å². The predicted octanol–water partition coefficient (Wildman–Crippen LogP) is -0.245. The van der Waals surface area contributed by atoms with E-state index >= 15 is 0 Å². The highest BCUT2D eigenvalue weighted by molar-refractivity contribution is 4.78. The lowest BCUT2D eigenvalue weighted by Gasteiger charge is -2.14. The molecule has 0 aromatic rings. The van der Waals surface area contributed by atoms with Gasteiger partial charge in [0.2, 0.25) is 0 Å². The van der Waals surface area contributed by atoms with Crippen molar-refractivity contribution < 1.29 is 19.3 Å². The first kappa shape index (κ1) is 8.93. The molecule has 0 saturated carbocycles. The van der Waals surface area contributed by atoms with Crippen LogP contribution in [0.3, 0.4) is 0 Å². The summed E-state index contributed by atoms with van der Waals surface area (Å²) < 4.78 is 15.1. The Balaban J connectivity index is 2.37. The van der Waals surface area contributed by atoms with Crippen molar-refractivity contribution in [3.63, 3.8) is 0 Å². The second-order valence-corrected chi connectivity index (χ2v) is 2.59. The highest BCUT2D eigenvalue weighted by Crippen LogP contribution is 2.20. The zero-order chi connectivity index (χ0) is 8.27. The Bertz CT molecular complexity index is 117. The smallest absolute Gasteiger partial charge is 0.157 e. The largest absolute Gasteiger partial charge is 0.382 e. The van der Waals surface area contributed by atoms with Gasteiger partial charge in [0.1, 0.15) is 6.10 Å². The molecule has 0 bridgehead atoms. The van der Waals surface area contributed by atoms with Crippen LogP contribution in [0, 0.1) is 0 Å². The highest BCUT2D eigenvalue weighted by Gasteiger charge is 2.33. The van der Waals surface area contributed by atoms with E-state index in [1.54, 1.807) is 14.2 Å². The first-order chi connectivity index (χ1) is 5.27. The summed E-state index contributed by atoms with van der Waals surface area (Å²) in [5.74, 6) is 0. The summed E-state index contributed by atoms with van der Waals surface area (Å²) in [4.78, 5) is 0. The molecular weight excluding hydrogens is 148 g/mol. The van der Waals surface area contributed by atoms with Crippen LogP contribution < -0.4 is 0 Å². The minimum Gasteiger partial charge on any atom is -0.382 e. The third kappa shape index (κ3) is 2.13. The summed E-state index contributed by atoms with van der Waals surface area (Å²) in [5.41, 5.74) is 0. The van der Waals surface area contributed by atoms with Gasteiger partial charge in [0.15, 0.2) is 6.29 Å². The zero-order valence-corrected chi connectivity index (χ0v) is 6.82. The molecule has 1 saturated heterocycles. The van der Waals surface area contributed by atoms with E-state index in [9.17, 15) is 0 Å². The van der Waals surface area contributed by atoms with E-state index in [0.29, 0.717) is 13.0 Å². The molecule has 1 N–H and O–H groups in total. The molecule has 4 nitrogen and oxygen atoms in total. The van der Waals surface area contributed by atoms with Gasteiger partial charge in [0.05, 0.1) is 12.7 Å². The van der Waals surface area contributed by atoms with Crippen LogP contribution in [0.1, 0.15) is 6.42 Å². The molecule has 0 aromatic heterocycles. The number of hydrogen-bond donors (Lipinski definition) is 1. The van der Waals surface area contributed by atoms with Crippen LogP contribution >= 0.6 is 0 Å². The molecule has 0 aliphatic carbocycles. The molecule has 1 heterocycles. The minimum atomic E-state index is -0.694. The Hall–Kier alpha value is -0.160. The van der Waals surface area contributed by atoms with Gasteiger partial charge >= 0.3 is 0 Å². The van der Waals surface area contributed by atoms with Gasteiger partial charge in [-0.3, -0.25) is 0 Å². The van der Waals surface area contributed by atoms with Crippen molar-refractivity contribution >= 4 is 0 Å². The van der Waals surface area contributed by atoms with Crippen LogP contribution in [0.15, 0.2) is 0 Å². The maximum atomic E-state index is 9.07. The fourth-order valence-corrected chi connectivity index (χ4v) is 1.25. The summed E-state index contributed by atoms with van der Waals surface area (Å²) in [6, 6.07) is 0. The van der Waals surface area contributed by atoms with Crippen molar-refractivity contribution in [2.45, 2.75) is 24.9 Å². The molecule has 1 fully saturated rings. The van der Waals surface area contributed by atoms with Gasteiger partial charge in [-0.2, -0.15) is 0 Å². The summed E-state index contributed by atoms with van der Waals surface area (Å²) >= 11 is 0. The lowest BCUT2D eigenvalue weighted by atomic mass is 10.2. The average Bonchev–Trinajstić information content (AvgIpc) is 2.32. The van der Waals surface area contributed by atoms with Gasteiger partial charge in [-0.1, -0.05) is 0 Å². The molecule has 0 aromatic carbocycles. The van der Waals surface area contributed by atoms with E-state index in [2.05, 4.69) is 0 Å². The van der Waals surface area contributed by atoms with Gasteiger partial charge in [0.25, 0.3) is 0 Å². The van der Waals surface area contributed by atoms with Crippen molar-refractivity contribution in [2.75, 3.05) is 20.8 Å². The van der Waals surface area contributed by atoms with Crippen LogP contribution in [0.25, 0.3) is 0 Å². The minimum absolute atomic E-state index is 0.0371. The molecule has 1 rings (SSSR count). The van der Waals surface area contributed by atoms with Crippen LogP contribution in [0.4, 0.5) is 0 Å². The SMILES string of the molecule is COC[C@H]1O[C@@H](O)CC1OC. The molecule has 1 unspecified atom stereocenters. The number of aliphatic hydroxyl groups is 1. The lowest BCUT2D eigenvalue weighted by Crippen LogP contribution is -2.27. The first-order valence-corrected chi connectivity index (χ1v) is 3.63. The molecule has 3 atom stereocenters. The van der Waals surface area contributed by atoms with Crippen molar-refractivity contribution in [1.82, 2.24) is 0 Å². The number of hydrogen-bond acceptors (Lipinski definition) is 4. The van der Waals surface area contributed by atoms with Crippen molar-refractivity contribution in [2.24, 2.45) is 0 Å². The van der Waals surface area contributed by atoms with E-state index in [4.69, 9.17) is 19.3 Å². The van der Waals surface area contributed by atoms with Gasteiger partial charge in [-0.05, 0) is 0 Å². The van der Waals surface area contributed by atoms with Crippen molar-refractivity contribution in [3.8, 4) is 0 Å². The molecular formula is C7H14O4. The summed E-state index contributed by atoms with van der Waals surface area (Å²) in [5, 5.41) is 9.07. The first-order valence-electron chi connectivity index (χ1n) is 3.63. The van der Waals surface area contributed by atoms with Crippen LogP contribution in [0.2, 0.25) is 0 Å². The van der Waals surface area contributed by atoms with E-state index < -0.39 is 6.29 Å². The van der Waals surface area contributed by atoms with Crippen molar-refractivity contribution in [1.29, 1.82) is 0 Å². The molecule has 0 amide bonds. The summed E-state index contributed by atoms with van der Waals surface area (Å²) in [6.45, 7) is 0.468. The molecule has 0 spiro atoms. The molecule has 0 radical (unpaired) electrons. The normalized spacial score (nSPS) is 37.9. The standard InChI is InChI=1S/C7H14O4/c1-9-4-6-5(10-2)3-7(8)11-6/h5-8H,3-4H2,1-2H3/t5?,6-,7-/m1/s1. The second kappa shape index (κ2) is 4.01. The molecule has 1 aliphatic rings. The van der Waals surface area contributed by atoms with Gasteiger partial charge in [0, 0.05) is 20.6 Å². The number of ether oxygens (including phenoxy) is 3. The number of rotatable bonds is 3. The maximum absolute atomic E-state index is 9.07. The summed E-state index contributed by atoms with van der Waals surface area (Å²) in [7, 11) is 3.20. The van der Waals surface area contributed by atoms with Gasteiger partial charge < -0.3 is 19.3 Å². The quantitative estimate of drug-likeness (QED) is 0.622. The lowest BCUT2D eigenvalue weighted by molar-refractivity contribution is -0.113. The van der Waals surface area contributed by atoms with Crippen LogP contribution in [-0.2, 0) is 14.2 Å². The van der Waals surface area contributed by atoms with E-state index in [1.165, 1.54) is 0 Å². The molecule has 11 heavy (non-hydrogen) atoms. The Morgan fingerprint density at radius 1 is 1.55 bits per heavy atom. The Morgan fingerprint density at radius 3 is 2.82 bits per heavy atom. The van der Waals surface area contributed by atoms with E-state index in [-0.39, 0.29) is 12.2 Å². The average molecular weight is 162 g/mol. The topological polar surface area (TPSA) is 47.9 Å². The molecule has 4 heteroatoms. The molecule has 1 aliphatic heterocycles. The summed E-state index contributed by atoms with van der Waals surface area (Å²) in [6.07, 6.45) is -0.324. The number of aliphatic hydroxyl groups excluding tert-OH is 1. The fourth-order valence-electron chi connectivity index (χ4n) is 1.25.